The third-order valence-corrected chi connectivity index (χ3v) is 2.42. The number of nitriles is 1. The van der Waals surface area contributed by atoms with Gasteiger partial charge in [-0.3, -0.25) is 9.63 Å². The monoisotopic (exact) mass is 207 g/mol. The van der Waals surface area contributed by atoms with Crippen LogP contribution in [0.1, 0.15) is 6.92 Å². The summed E-state index contributed by atoms with van der Waals surface area (Å²) in [6.07, 6.45) is 0. The fourth-order valence-electron chi connectivity index (χ4n) is 0.324. The maximum absolute atomic E-state index is 10.9. The molecular weight excluding hydrogens is 198 g/mol. The first-order chi connectivity index (χ1) is 5.90. The topological polar surface area (TPSA) is 122 Å². The Morgan fingerprint density at radius 2 is 2.31 bits per heavy atom. The van der Waals surface area contributed by atoms with Crippen molar-refractivity contribution in [3.8, 4) is 6.07 Å². The van der Waals surface area contributed by atoms with Crippen LogP contribution in [0.3, 0.4) is 0 Å². The summed E-state index contributed by atoms with van der Waals surface area (Å²) in [5.41, 5.74) is 4.67. The fourth-order valence-corrected chi connectivity index (χ4v) is 0.831. The Hall–Kier alpha value is -1.17. The van der Waals surface area contributed by atoms with E-state index in [0.29, 0.717) is 0 Å². The highest BCUT2D eigenvalue weighted by atomic mass is 32.2. The van der Waals surface area contributed by atoms with Crippen LogP contribution in [-0.2, 0) is 19.7 Å². The zero-order chi connectivity index (χ0) is 10.5. The number of primary amides is 1. The van der Waals surface area contributed by atoms with Gasteiger partial charge < -0.3 is 5.73 Å². The SMILES string of the molecule is CC(C#N)S(=O)(=O)NOCC(N)=O. The van der Waals surface area contributed by atoms with Crippen molar-refractivity contribution in [1.82, 2.24) is 4.89 Å². The minimum atomic E-state index is -3.85. The number of amides is 1. The second-order valence-corrected chi connectivity index (χ2v) is 4.12. The number of sulfonamides is 1. The number of nitrogens with zero attached hydrogens (tertiary/aromatic N) is 1. The third-order valence-electron chi connectivity index (χ3n) is 1.04. The summed E-state index contributed by atoms with van der Waals surface area (Å²) >= 11 is 0. The Kier molecular flexibility index (Phi) is 4.33. The van der Waals surface area contributed by atoms with E-state index in [4.69, 9.17) is 5.26 Å². The Morgan fingerprint density at radius 1 is 1.77 bits per heavy atom. The average molecular weight is 207 g/mol. The van der Waals surface area contributed by atoms with Gasteiger partial charge >= 0.3 is 0 Å². The van der Waals surface area contributed by atoms with Crippen LogP contribution in [0.25, 0.3) is 0 Å². The van der Waals surface area contributed by atoms with Crippen LogP contribution < -0.4 is 10.6 Å². The maximum Gasteiger partial charge on any atom is 0.249 e. The normalized spacial score (nSPS) is 13.2. The first-order valence-electron chi connectivity index (χ1n) is 3.20. The van der Waals surface area contributed by atoms with Gasteiger partial charge in [-0.15, -0.1) is 0 Å². The molecule has 0 spiro atoms. The van der Waals surface area contributed by atoms with Crippen LogP contribution in [0.2, 0.25) is 0 Å². The largest absolute Gasteiger partial charge is 0.368 e. The van der Waals surface area contributed by atoms with E-state index in [1.54, 1.807) is 4.89 Å². The quantitative estimate of drug-likeness (QED) is 0.517. The lowest BCUT2D eigenvalue weighted by Crippen LogP contribution is -2.34. The van der Waals surface area contributed by atoms with Crippen molar-refractivity contribution in [2.75, 3.05) is 6.61 Å². The second kappa shape index (κ2) is 4.76. The zero-order valence-electron chi connectivity index (χ0n) is 6.85. The number of hydrogen-bond donors (Lipinski definition) is 2. The van der Waals surface area contributed by atoms with Crippen molar-refractivity contribution in [1.29, 1.82) is 5.26 Å². The molecule has 0 saturated carbocycles. The van der Waals surface area contributed by atoms with Crippen LogP contribution in [0.15, 0.2) is 0 Å². The lowest BCUT2D eigenvalue weighted by Gasteiger charge is -2.05. The third kappa shape index (κ3) is 4.41. The molecule has 1 unspecified atom stereocenters. The highest BCUT2D eigenvalue weighted by Crippen LogP contribution is 1.94. The molecule has 0 aliphatic heterocycles. The number of nitrogens with one attached hydrogen (secondary N) is 1. The highest BCUT2D eigenvalue weighted by molar-refractivity contribution is 7.90. The zero-order valence-corrected chi connectivity index (χ0v) is 7.67. The van der Waals surface area contributed by atoms with Gasteiger partial charge in [0.15, 0.2) is 5.25 Å². The summed E-state index contributed by atoms with van der Waals surface area (Å²) in [5, 5.41) is 7.01. The molecule has 0 heterocycles. The lowest BCUT2D eigenvalue weighted by molar-refractivity contribution is -0.123. The number of rotatable bonds is 5. The Labute approximate surface area is 75.5 Å². The van der Waals surface area contributed by atoms with Crippen LogP contribution in [0.5, 0.6) is 0 Å². The molecule has 13 heavy (non-hydrogen) atoms. The molecule has 3 N–H and O–H groups in total. The molecule has 0 rings (SSSR count). The van der Waals surface area contributed by atoms with Crippen molar-refractivity contribution in [3.05, 3.63) is 0 Å². The number of nitrogens with two attached hydrogens (primary N) is 1. The van der Waals surface area contributed by atoms with Gasteiger partial charge in [0, 0.05) is 0 Å². The van der Waals surface area contributed by atoms with Crippen LogP contribution >= 0.6 is 0 Å². The van der Waals surface area contributed by atoms with E-state index in [2.05, 4.69) is 10.6 Å². The van der Waals surface area contributed by atoms with Gasteiger partial charge in [0.05, 0.1) is 6.07 Å². The lowest BCUT2D eigenvalue weighted by atomic mass is 10.5. The van der Waals surface area contributed by atoms with Gasteiger partial charge in [0.1, 0.15) is 6.61 Å². The summed E-state index contributed by atoms with van der Waals surface area (Å²) in [6, 6.07) is 1.50. The van der Waals surface area contributed by atoms with E-state index in [9.17, 15) is 13.2 Å². The Morgan fingerprint density at radius 3 is 2.69 bits per heavy atom. The maximum atomic E-state index is 10.9. The minimum Gasteiger partial charge on any atom is -0.368 e. The summed E-state index contributed by atoms with van der Waals surface area (Å²) in [4.78, 5) is 15.9. The summed E-state index contributed by atoms with van der Waals surface area (Å²) in [7, 11) is -3.85. The van der Waals surface area contributed by atoms with Gasteiger partial charge in [-0.1, -0.05) is 4.89 Å². The number of hydrogen-bond acceptors (Lipinski definition) is 5. The van der Waals surface area contributed by atoms with Crippen molar-refractivity contribution < 1.29 is 18.0 Å². The average Bonchev–Trinajstić information content (AvgIpc) is 2.01. The van der Waals surface area contributed by atoms with Crippen LogP contribution in [-0.4, -0.2) is 26.2 Å². The molecule has 1 atom stereocenters. The highest BCUT2D eigenvalue weighted by Gasteiger charge is 2.20. The minimum absolute atomic E-state index is 0.572. The molecule has 0 aliphatic carbocycles. The van der Waals surface area contributed by atoms with Crippen molar-refractivity contribution >= 4 is 15.9 Å². The van der Waals surface area contributed by atoms with E-state index in [1.165, 1.54) is 13.0 Å². The molecule has 0 aromatic carbocycles. The second-order valence-electron chi connectivity index (χ2n) is 2.15. The molecule has 0 aromatic heterocycles. The van der Waals surface area contributed by atoms with E-state index in [0.717, 1.165) is 0 Å². The van der Waals surface area contributed by atoms with E-state index < -0.39 is 27.8 Å². The summed E-state index contributed by atoms with van der Waals surface area (Å²) < 4.78 is 21.9. The molecule has 1 amide bonds. The molecule has 0 aromatic rings. The molecule has 0 bridgehead atoms. The first kappa shape index (κ1) is 11.8. The predicted molar refractivity (Wildman–Crippen MR) is 42.3 cm³/mol. The molecule has 7 nitrogen and oxygen atoms in total. The van der Waals surface area contributed by atoms with Crippen LogP contribution in [0, 0.1) is 11.3 Å². The van der Waals surface area contributed by atoms with Gasteiger partial charge in [-0.2, -0.15) is 5.26 Å². The molecule has 74 valence electrons. The standard InChI is InChI=1S/C5H9N3O4S/c1-4(2-6)13(10,11)8-12-3-5(7)9/h4,8H,3H2,1H3,(H2,7,9). The molecule has 0 aliphatic rings. The van der Waals surface area contributed by atoms with Crippen molar-refractivity contribution in [2.45, 2.75) is 12.2 Å². The van der Waals surface area contributed by atoms with E-state index >= 15 is 0 Å². The molecule has 8 heteroatoms. The molecule has 0 radical (unpaired) electrons. The van der Waals surface area contributed by atoms with E-state index in [1.807, 2.05) is 0 Å². The Balaban J connectivity index is 4.07. The predicted octanol–water partition coefficient (Wildman–Crippen LogP) is -1.77. The molecular formula is C5H9N3O4S. The molecule has 0 saturated heterocycles. The Bertz CT molecular complexity index is 317. The smallest absolute Gasteiger partial charge is 0.249 e. The summed E-state index contributed by atoms with van der Waals surface area (Å²) in [6.45, 7) is 0.605. The van der Waals surface area contributed by atoms with E-state index in [-0.39, 0.29) is 0 Å². The summed E-state index contributed by atoms with van der Waals surface area (Å²) in [5.74, 6) is -0.813. The molecule has 0 fully saturated rings. The number of carbonyl (C=O) groups is 1. The van der Waals surface area contributed by atoms with Gasteiger partial charge in [-0.05, 0) is 6.92 Å². The van der Waals surface area contributed by atoms with Gasteiger partial charge in [-0.25, -0.2) is 8.42 Å². The number of carbonyl (C=O) groups excluding carboxylic acids is 1. The van der Waals surface area contributed by atoms with Crippen molar-refractivity contribution in [3.63, 3.8) is 0 Å². The van der Waals surface area contributed by atoms with Crippen LogP contribution in [0.4, 0.5) is 0 Å². The van der Waals surface area contributed by atoms with Gasteiger partial charge in [0.25, 0.3) is 0 Å². The van der Waals surface area contributed by atoms with Gasteiger partial charge in [0.2, 0.25) is 15.9 Å². The fraction of sp³-hybridized carbons (Fsp3) is 0.600. The first-order valence-corrected chi connectivity index (χ1v) is 4.75. The van der Waals surface area contributed by atoms with Crippen molar-refractivity contribution in [2.24, 2.45) is 5.73 Å².